The lowest BCUT2D eigenvalue weighted by molar-refractivity contribution is 0.490. The second kappa shape index (κ2) is 3.77. The molecule has 0 amide bonds. The highest BCUT2D eigenvalue weighted by atomic mass is 32.2. The molecule has 0 bridgehead atoms. The van der Waals surface area contributed by atoms with Crippen LogP contribution in [0.1, 0.15) is 18.7 Å². The first-order valence-electron chi connectivity index (χ1n) is 4.15. The molecular weight excluding hydrogens is 206 g/mol. The molecule has 2 heterocycles. The summed E-state index contributed by atoms with van der Waals surface area (Å²) in [6.07, 6.45) is 0. The van der Waals surface area contributed by atoms with Gasteiger partial charge >= 0.3 is 0 Å². The van der Waals surface area contributed by atoms with Crippen LogP contribution in [0.4, 0.5) is 0 Å². The lowest BCUT2D eigenvalue weighted by Crippen LogP contribution is -2.18. The minimum Gasteiger partial charge on any atom is -0.207 e. The third-order valence-electron chi connectivity index (χ3n) is 1.76. The van der Waals surface area contributed by atoms with Crippen LogP contribution in [0.15, 0.2) is 16.3 Å². The standard InChI is InChI=1S/C6H7NO2S2.C2H6/c1-7-4-5-6(2-3-10-5)11(7,8)9;1-2/h2-3H,4H2,1H3;1-2H3. The van der Waals surface area contributed by atoms with Gasteiger partial charge < -0.3 is 0 Å². The minimum absolute atomic E-state index is 0.491. The number of hydrogen-bond donors (Lipinski definition) is 0. The molecule has 1 aliphatic heterocycles. The average molecular weight is 219 g/mol. The van der Waals surface area contributed by atoms with Crippen LogP contribution >= 0.6 is 11.3 Å². The molecule has 0 atom stereocenters. The summed E-state index contributed by atoms with van der Waals surface area (Å²) in [6.45, 7) is 4.54. The van der Waals surface area contributed by atoms with E-state index in [1.165, 1.54) is 15.6 Å². The molecule has 0 N–H and O–H groups in total. The number of sulfonamides is 1. The Morgan fingerprint density at radius 1 is 1.46 bits per heavy atom. The van der Waals surface area contributed by atoms with E-state index >= 15 is 0 Å². The van der Waals surface area contributed by atoms with Crippen LogP contribution in [0.3, 0.4) is 0 Å². The highest BCUT2D eigenvalue weighted by molar-refractivity contribution is 7.89. The van der Waals surface area contributed by atoms with Crippen molar-refractivity contribution >= 4 is 21.4 Å². The molecule has 0 aromatic carbocycles. The topological polar surface area (TPSA) is 37.4 Å². The molecule has 0 spiro atoms. The fourth-order valence-corrected chi connectivity index (χ4v) is 3.81. The van der Waals surface area contributed by atoms with E-state index in [2.05, 4.69) is 0 Å². The summed E-state index contributed by atoms with van der Waals surface area (Å²) in [5.41, 5.74) is 0. The van der Waals surface area contributed by atoms with Gasteiger partial charge in [-0.2, -0.15) is 4.31 Å². The third-order valence-corrected chi connectivity index (χ3v) is 4.68. The van der Waals surface area contributed by atoms with Crippen LogP contribution in [0.25, 0.3) is 0 Å². The molecule has 1 aromatic rings. The highest BCUT2D eigenvalue weighted by Crippen LogP contribution is 2.32. The van der Waals surface area contributed by atoms with Crippen LogP contribution in [0.5, 0.6) is 0 Å². The van der Waals surface area contributed by atoms with Crippen molar-refractivity contribution in [3.05, 3.63) is 16.3 Å². The summed E-state index contributed by atoms with van der Waals surface area (Å²) >= 11 is 1.50. The summed E-state index contributed by atoms with van der Waals surface area (Å²) in [5.74, 6) is 0. The number of hydrogen-bond acceptors (Lipinski definition) is 3. The van der Waals surface area contributed by atoms with Crippen molar-refractivity contribution in [2.24, 2.45) is 0 Å². The maximum atomic E-state index is 11.4. The Balaban J connectivity index is 0.000000396. The second-order valence-corrected chi connectivity index (χ2v) is 5.48. The first kappa shape index (κ1) is 10.7. The Bertz CT molecular complexity index is 381. The van der Waals surface area contributed by atoms with E-state index in [0.717, 1.165) is 4.88 Å². The summed E-state index contributed by atoms with van der Waals surface area (Å²) in [5, 5.41) is 1.81. The molecule has 1 aliphatic rings. The second-order valence-electron chi connectivity index (χ2n) is 2.47. The predicted molar refractivity (Wildman–Crippen MR) is 54.3 cm³/mol. The first-order valence-corrected chi connectivity index (χ1v) is 6.47. The van der Waals surface area contributed by atoms with Crippen molar-refractivity contribution in [1.29, 1.82) is 0 Å². The van der Waals surface area contributed by atoms with Crippen LogP contribution in [-0.4, -0.2) is 19.8 Å². The normalized spacial score (nSPS) is 19.0. The van der Waals surface area contributed by atoms with Gasteiger partial charge in [-0.15, -0.1) is 11.3 Å². The van der Waals surface area contributed by atoms with E-state index in [4.69, 9.17) is 0 Å². The maximum Gasteiger partial charge on any atom is 0.244 e. The van der Waals surface area contributed by atoms with E-state index in [1.54, 1.807) is 13.1 Å². The SMILES string of the molecule is CC.CN1Cc2sccc2S1(=O)=O. The maximum absolute atomic E-state index is 11.4. The Morgan fingerprint density at radius 3 is 2.62 bits per heavy atom. The van der Waals surface area contributed by atoms with Gasteiger partial charge in [0.05, 0.1) is 4.90 Å². The average Bonchev–Trinajstić information content (AvgIpc) is 2.62. The molecule has 0 unspecified atom stereocenters. The van der Waals surface area contributed by atoms with E-state index in [1.807, 2.05) is 19.2 Å². The van der Waals surface area contributed by atoms with Gasteiger partial charge in [0, 0.05) is 18.5 Å². The lowest BCUT2D eigenvalue weighted by Gasteiger charge is -2.04. The molecule has 74 valence electrons. The highest BCUT2D eigenvalue weighted by Gasteiger charge is 2.32. The van der Waals surface area contributed by atoms with Gasteiger partial charge in [-0.25, -0.2) is 8.42 Å². The first-order chi connectivity index (χ1) is 6.12. The molecule has 3 nitrogen and oxygen atoms in total. The lowest BCUT2D eigenvalue weighted by atomic mass is 10.5. The Kier molecular flexibility index (Phi) is 3.10. The third kappa shape index (κ3) is 1.63. The zero-order valence-electron chi connectivity index (χ0n) is 7.94. The molecule has 0 saturated carbocycles. The van der Waals surface area contributed by atoms with Gasteiger partial charge in [0.25, 0.3) is 0 Å². The Labute approximate surface area is 83.1 Å². The summed E-state index contributed by atoms with van der Waals surface area (Å²) in [6, 6.07) is 1.67. The smallest absolute Gasteiger partial charge is 0.207 e. The predicted octanol–water partition coefficient (Wildman–Crippen LogP) is 1.91. The van der Waals surface area contributed by atoms with Crippen molar-refractivity contribution in [2.45, 2.75) is 25.3 Å². The molecule has 5 heteroatoms. The molecule has 0 radical (unpaired) electrons. The number of rotatable bonds is 0. The monoisotopic (exact) mass is 219 g/mol. The van der Waals surface area contributed by atoms with E-state index < -0.39 is 10.0 Å². The number of nitrogens with zero attached hydrogens (tertiary/aromatic N) is 1. The van der Waals surface area contributed by atoms with Crippen molar-refractivity contribution in [3.8, 4) is 0 Å². The van der Waals surface area contributed by atoms with Gasteiger partial charge in [0.2, 0.25) is 10.0 Å². The van der Waals surface area contributed by atoms with Crippen molar-refractivity contribution in [2.75, 3.05) is 7.05 Å². The summed E-state index contributed by atoms with van der Waals surface area (Å²) in [7, 11) is -1.50. The van der Waals surface area contributed by atoms with Gasteiger partial charge in [0.15, 0.2) is 0 Å². The van der Waals surface area contributed by atoms with E-state index in [9.17, 15) is 8.42 Å². The fourth-order valence-electron chi connectivity index (χ4n) is 1.13. The Morgan fingerprint density at radius 2 is 2.08 bits per heavy atom. The van der Waals surface area contributed by atoms with Crippen molar-refractivity contribution in [1.82, 2.24) is 4.31 Å². The molecule has 13 heavy (non-hydrogen) atoms. The molecule has 1 aromatic heterocycles. The van der Waals surface area contributed by atoms with Gasteiger partial charge in [-0.1, -0.05) is 13.8 Å². The number of thiophene rings is 1. The van der Waals surface area contributed by atoms with Crippen LogP contribution < -0.4 is 0 Å². The van der Waals surface area contributed by atoms with Crippen LogP contribution in [0.2, 0.25) is 0 Å². The largest absolute Gasteiger partial charge is 0.244 e. The zero-order valence-corrected chi connectivity index (χ0v) is 9.58. The van der Waals surface area contributed by atoms with E-state index in [0.29, 0.717) is 11.4 Å². The fraction of sp³-hybridized carbons (Fsp3) is 0.500. The van der Waals surface area contributed by atoms with Gasteiger partial charge in [0.1, 0.15) is 0 Å². The summed E-state index contributed by atoms with van der Waals surface area (Å²) in [4.78, 5) is 1.44. The molecule has 2 rings (SSSR count). The van der Waals surface area contributed by atoms with Gasteiger partial charge in [-0.05, 0) is 11.4 Å². The minimum atomic E-state index is -3.10. The van der Waals surface area contributed by atoms with Crippen molar-refractivity contribution < 1.29 is 8.42 Å². The van der Waals surface area contributed by atoms with Crippen LogP contribution in [-0.2, 0) is 16.6 Å². The zero-order chi connectivity index (χ0) is 10.1. The molecule has 0 saturated heterocycles. The van der Waals surface area contributed by atoms with Crippen molar-refractivity contribution in [3.63, 3.8) is 0 Å². The quantitative estimate of drug-likeness (QED) is 0.668. The number of fused-ring (bicyclic) bond motifs is 1. The van der Waals surface area contributed by atoms with Crippen LogP contribution in [0, 0.1) is 0 Å². The Hall–Kier alpha value is -0.390. The molecule has 0 fully saturated rings. The van der Waals surface area contributed by atoms with Gasteiger partial charge in [-0.3, -0.25) is 0 Å². The summed E-state index contributed by atoms with van der Waals surface area (Å²) < 4.78 is 24.1. The molecule has 0 aliphatic carbocycles. The molecular formula is C8H13NO2S2. The van der Waals surface area contributed by atoms with E-state index in [-0.39, 0.29) is 0 Å².